The van der Waals surface area contributed by atoms with Crippen LogP contribution in [0.3, 0.4) is 0 Å². The SMILES string of the molecule is Cc1cc(C)c(N2c3cc4c(cc3B3c5ccccc5Oc5cc(C6CCCCC6)cc2c53)B2c3cc5c(cc3N(c3c(C)cc(C)cc3C)c3cc(C6CCCCC6)cc(c32)N4c2c(C)cc(C)cc2C)Nc2cc(C3CCCCC3)cc3c2B5c2ccccc2N3c2ccccc2)c(C)c1. The van der Waals surface area contributed by atoms with E-state index in [0.29, 0.717) is 17.8 Å². The Hall–Kier alpha value is -9.59. The van der Waals surface area contributed by atoms with Gasteiger partial charge in [0, 0.05) is 62.6 Å². The smallest absolute Gasteiger partial charge is 0.256 e. The number of ether oxygens (including phenoxy) is 1. The first-order valence-electron chi connectivity index (χ1n) is 38.8. The van der Waals surface area contributed by atoms with Crippen LogP contribution in [0.2, 0.25) is 0 Å². The molecule has 0 radical (unpaired) electrons. The third-order valence-electron chi connectivity index (χ3n) is 25.7. The van der Waals surface area contributed by atoms with Crippen molar-refractivity contribution in [3.63, 3.8) is 0 Å². The van der Waals surface area contributed by atoms with Crippen LogP contribution in [0.4, 0.5) is 79.6 Å². The molecule has 0 amide bonds. The quantitative estimate of drug-likeness (QED) is 0.160. The molecule has 20 rings (SSSR count). The van der Waals surface area contributed by atoms with Gasteiger partial charge in [0.25, 0.3) is 20.1 Å². The average Bonchev–Trinajstić information content (AvgIpc) is 0.680. The lowest BCUT2D eigenvalue weighted by Crippen LogP contribution is -2.66. The molecule has 11 aromatic rings. The molecule has 0 bridgehead atoms. The van der Waals surface area contributed by atoms with E-state index in [1.165, 1.54) is 292 Å². The van der Waals surface area contributed by atoms with Gasteiger partial charge in [0.15, 0.2) is 0 Å². The fourth-order valence-corrected chi connectivity index (χ4v) is 21.7. The highest BCUT2D eigenvalue weighted by atomic mass is 16.5. The first kappa shape index (κ1) is 62.2. The van der Waals surface area contributed by atoms with E-state index in [1.807, 2.05) is 0 Å². The van der Waals surface area contributed by atoms with Gasteiger partial charge in [-0.3, -0.25) is 0 Å². The Balaban J connectivity index is 0.920. The Labute approximate surface area is 605 Å². The summed E-state index contributed by atoms with van der Waals surface area (Å²) in [5.41, 5.74) is 45.6. The summed E-state index contributed by atoms with van der Waals surface area (Å²) in [7, 11) is 0. The Bertz CT molecular complexity index is 5300. The van der Waals surface area contributed by atoms with E-state index < -0.39 is 0 Å². The summed E-state index contributed by atoms with van der Waals surface area (Å²) in [4.78, 5) is 10.9. The van der Waals surface area contributed by atoms with Crippen molar-refractivity contribution in [1.82, 2.24) is 0 Å². The molecule has 0 spiro atoms. The molecule has 9 heteroatoms. The summed E-state index contributed by atoms with van der Waals surface area (Å²) in [6.07, 6.45) is 18.8. The summed E-state index contributed by atoms with van der Waals surface area (Å²) in [6.45, 7) is 20.8. The van der Waals surface area contributed by atoms with E-state index in [4.69, 9.17) is 4.74 Å². The summed E-state index contributed by atoms with van der Waals surface area (Å²) < 4.78 is 7.42. The van der Waals surface area contributed by atoms with Crippen molar-refractivity contribution >= 4 is 149 Å². The normalized spacial score (nSPS) is 17.0. The number of para-hydroxylation sites is 3. The van der Waals surface area contributed by atoms with E-state index in [0.717, 1.165) is 11.5 Å². The summed E-state index contributed by atoms with van der Waals surface area (Å²) in [5, 5.41) is 4.40. The molecule has 9 aliphatic rings. The molecule has 0 atom stereocenters. The van der Waals surface area contributed by atoms with Crippen molar-refractivity contribution in [2.24, 2.45) is 0 Å². The highest BCUT2D eigenvalue weighted by Crippen LogP contribution is 2.54. The summed E-state index contributed by atoms with van der Waals surface area (Å²) >= 11 is 0. The molecule has 11 aromatic carbocycles. The van der Waals surface area contributed by atoms with Crippen molar-refractivity contribution in [3.8, 4) is 11.5 Å². The molecule has 0 saturated heterocycles. The van der Waals surface area contributed by atoms with Gasteiger partial charge in [0.05, 0.1) is 17.1 Å². The molecule has 0 aromatic heterocycles. The Morgan fingerprint density at radius 1 is 0.294 bits per heavy atom. The number of fused-ring (bicyclic) bond motifs is 12. The lowest BCUT2D eigenvalue weighted by molar-refractivity contribution is 0.440. The minimum atomic E-state index is -0.171. The number of hydrogen-bond acceptors (Lipinski definition) is 6. The maximum atomic E-state index is 7.42. The lowest BCUT2D eigenvalue weighted by atomic mass is 9.29. The molecule has 6 aliphatic heterocycles. The van der Waals surface area contributed by atoms with Crippen LogP contribution in [0.25, 0.3) is 0 Å². The molecule has 3 aliphatic carbocycles. The molecule has 0 unspecified atom stereocenters. The van der Waals surface area contributed by atoms with Gasteiger partial charge in [-0.2, -0.15) is 0 Å². The van der Waals surface area contributed by atoms with Gasteiger partial charge in [-0.25, -0.2) is 0 Å². The number of nitrogens with zero attached hydrogens (tertiary/aromatic N) is 4. The van der Waals surface area contributed by atoms with E-state index in [2.05, 4.69) is 263 Å². The van der Waals surface area contributed by atoms with Crippen molar-refractivity contribution in [2.75, 3.05) is 24.9 Å². The fraction of sp³-hybridized carbons (Fsp3) is 0.290. The van der Waals surface area contributed by atoms with Crippen LogP contribution >= 0.6 is 0 Å². The third kappa shape index (κ3) is 9.46. The Morgan fingerprint density at radius 3 is 1.22 bits per heavy atom. The highest BCUT2D eigenvalue weighted by molar-refractivity contribution is 7.04. The molecule has 1 N–H and O–H groups in total. The number of benzene rings is 11. The zero-order chi connectivity index (χ0) is 68.7. The predicted molar refractivity (Wildman–Crippen MR) is 435 cm³/mol. The number of anilines is 14. The minimum absolute atomic E-state index is 0.0402. The van der Waals surface area contributed by atoms with Crippen molar-refractivity contribution < 1.29 is 4.74 Å². The second-order valence-corrected chi connectivity index (χ2v) is 32.4. The van der Waals surface area contributed by atoms with Gasteiger partial charge in [0.1, 0.15) is 11.5 Å². The number of hydrogen-bond donors (Lipinski definition) is 1. The van der Waals surface area contributed by atoms with Gasteiger partial charge in [-0.05, 0) is 291 Å². The molecular formula is C93H90B3N5O. The minimum Gasteiger partial charge on any atom is -0.458 e. The van der Waals surface area contributed by atoms with Crippen LogP contribution in [0, 0.1) is 62.3 Å². The first-order valence-corrected chi connectivity index (χ1v) is 38.8. The van der Waals surface area contributed by atoms with E-state index in [-0.39, 0.29) is 20.1 Å². The molecule has 3 saturated carbocycles. The molecule has 6 nitrogen and oxygen atoms in total. The number of rotatable bonds is 7. The molecule has 6 heterocycles. The molecule has 102 heavy (non-hydrogen) atoms. The van der Waals surface area contributed by atoms with E-state index in [1.54, 1.807) is 0 Å². The van der Waals surface area contributed by atoms with Gasteiger partial charge < -0.3 is 29.7 Å². The number of aryl methyl sites for hydroxylation is 9. The Kier molecular flexibility index (Phi) is 14.5. The van der Waals surface area contributed by atoms with E-state index >= 15 is 0 Å². The van der Waals surface area contributed by atoms with Gasteiger partial charge in [0.2, 0.25) is 0 Å². The average molecular weight is 1330 g/mol. The number of nitrogens with one attached hydrogen (secondary N) is 1. The van der Waals surface area contributed by atoms with Crippen molar-refractivity contribution in [3.05, 3.63) is 243 Å². The standard InChI is InChI=1S/C93H90B3N5O/c1-54-38-57(4)91(58(5)39-54)99-79-52-76-72(94-70-34-22-24-36-78(70)98(69-32-20-13-21-33-69)82-45-66(44-77(97-76)88(82)94)63-26-14-10-15-27-63)50-73(79)96-75-51-74-80(53-81(75)100(92-59(6)40-55(2)41-60(92)7)84-47-67(46-83(99)89(84)96)64-28-16-11-17-29-64)101(93-61(8)42-56(3)43-62(93)9)85-48-68(65-30-18-12-19-31-65)49-87-90(85)95(74)71-35-23-25-37-86(71)102-87/h13,20-25,32-53,63-65,97H,10-12,14-19,26-31H2,1-9H3. The van der Waals surface area contributed by atoms with Crippen LogP contribution in [0.5, 0.6) is 11.5 Å². The first-order chi connectivity index (χ1) is 49.8. The third-order valence-corrected chi connectivity index (χ3v) is 25.7. The fourth-order valence-electron chi connectivity index (χ4n) is 21.7. The van der Waals surface area contributed by atoms with Gasteiger partial charge >= 0.3 is 0 Å². The zero-order valence-electron chi connectivity index (χ0n) is 61.0. The van der Waals surface area contributed by atoms with Gasteiger partial charge in [-0.15, -0.1) is 0 Å². The second kappa shape index (κ2) is 23.7. The topological polar surface area (TPSA) is 34.2 Å². The summed E-state index contributed by atoms with van der Waals surface area (Å²) in [5.74, 6) is 3.39. The summed E-state index contributed by atoms with van der Waals surface area (Å²) in [6, 6.07) is 70.9. The largest absolute Gasteiger partial charge is 0.458 e. The zero-order valence-corrected chi connectivity index (χ0v) is 61.0. The maximum absolute atomic E-state index is 7.42. The second-order valence-electron chi connectivity index (χ2n) is 32.4. The molecule has 502 valence electrons. The molecule has 3 fully saturated rings. The van der Waals surface area contributed by atoms with Crippen LogP contribution < -0.4 is 78.8 Å². The van der Waals surface area contributed by atoms with Crippen LogP contribution in [0.15, 0.2) is 176 Å². The van der Waals surface area contributed by atoms with Crippen molar-refractivity contribution in [2.45, 2.75) is 176 Å². The highest BCUT2D eigenvalue weighted by Gasteiger charge is 2.51. The van der Waals surface area contributed by atoms with Gasteiger partial charge in [-0.1, -0.05) is 178 Å². The monoisotopic (exact) mass is 1330 g/mol. The van der Waals surface area contributed by atoms with Crippen LogP contribution in [0.1, 0.15) is 181 Å². The van der Waals surface area contributed by atoms with Crippen LogP contribution in [-0.2, 0) is 0 Å². The van der Waals surface area contributed by atoms with E-state index in [9.17, 15) is 0 Å². The van der Waals surface area contributed by atoms with Crippen molar-refractivity contribution in [1.29, 1.82) is 0 Å². The Morgan fingerprint density at radius 2 is 0.696 bits per heavy atom. The maximum Gasteiger partial charge on any atom is 0.256 e. The lowest BCUT2D eigenvalue weighted by Gasteiger charge is -2.48. The molecular weight excluding hydrogens is 1240 g/mol. The predicted octanol–water partition coefficient (Wildman–Crippen LogP) is 19.4. The van der Waals surface area contributed by atoms with Crippen LogP contribution in [-0.4, -0.2) is 20.1 Å².